The second kappa shape index (κ2) is 10.6. The molecule has 6 rings (SSSR count). The number of hydrogen-bond acceptors (Lipinski definition) is 2. The predicted octanol–water partition coefficient (Wildman–Crippen LogP) is 8.39. The van der Waals surface area contributed by atoms with Crippen LogP contribution in [0, 0.1) is 5.82 Å². The first-order chi connectivity index (χ1) is 18.9. The van der Waals surface area contributed by atoms with Crippen molar-refractivity contribution in [3.8, 4) is 11.1 Å². The van der Waals surface area contributed by atoms with Gasteiger partial charge in [0.2, 0.25) is 0 Å². The Balaban J connectivity index is 1.21. The molecule has 1 N–H and O–H groups in total. The quantitative estimate of drug-likeness (QED) is 0.272. The van der Waals surface area contributed by atoms with Crippen LogP contribution in [-0.4, -0.2) is 30.6 Å². The van der Waals surface area contributed by atoms with Gasteiger partial charge in [-0.3, -0.25) is 9.80 Å². The zero-order chi connectivity index (χ0) is 27.0. The van der Waals surface area contributed by atoms with Crippen molar-refractivity contribution in [3.63, 3.8) is 0 Å². The Labute approximate surface area is 238 Å². The summed E-state index contributed by atoms with van der Waals surface area (Å²) in [5.41, 5.74) is 5.54. The van der Waals surface area contributed by atoms with Crippen molar-refractivity contribution >= 4 is 40.6 Å². The minimum atomic E-state index is -0.303. The number of hydrogen-bond donors (Lipinski definition) is 1. The lowest BCUT2D eigenvalue weighted by Crippen LogP contribution is -2.46. The molecule has 0 aliphatic carbocycles. The van der Waals surface area contributed by atoms with Crippen LogP contribution in [0.1, 0.15) is 24.0 Å². The number of urea groups is 1. The van der Waals surface area contributed by atoms with E-state index in [2.05, 4.69) is 58.7 Å². The number of anilines is 2. The van der Waals surface area contributed by atoms with Gasteiger partial charge in [0.1, 0.15) is 5.82 Å². The summed E-state index contributed by atoms with van der Waals surface area (Å²) in [7, 11) is 0. The molecule has 4 aromatic carbocycles. The maximum atomic E-state index is 14.5. The average Bonchev–Trinajstić information content (AvgIpc) is 3.26. The maximum absolute atomic E-state index is 14.5. The molecule has 1 spiro atoms. The van der Waals surface area contributed by atoms with Crippen LogP contribution < -0.4 is 10.2 Å². The van der Waals surface area contributed by atoms with Crippen LogP contribution in [-0.2, 0) is 12.0 Å². The topological polar surface area (TPSA) is 35.6 Å². The van der Waals surface area contributed by atoms with E-state index in [1.54, 1.807) is 35.2 Å². The van der Waals surface area contributed by atoms with Crippen molar-refractivity contribution in [2.75, 3.05) is 29.9 Å². The standard InChI is InChI=1S/C32H28Cl2FN3O/c33-27-11-6-12-28(30(27)34)36-31(39)38-21-32(26-19-24(35)13-14-29(26)38)15-17-37(18-16-32)20-23-9-4-5-10-25(23)22-7-2-1-3-8-22/h1-14,19H,15-18,20-21H2,(H,36,39). The third-order valence-electron chi connectivity index (χ3n) is 8.03. The van der Waals surface area contributed by atoms with Gasteiger partial charge < -0.3 is 5.32 Å². The molecule has 1 saturated heterocycles. The van der Waals surface area contributed by atoms with Crippen molar-refractivity contribution in [1.29, 1.82) is 0 Å². The number of piperidine rings is 1. The Hall–Kier alpha value is -3.38. The number of fused-ring (bicyclic) bond motifs is 2. The Morgan fingerprint density at radius 2 is 1.64 bits per heavy atom. The molecular weight excluding hydrogens is 532 g/mol. The molecule has 7 heteroatoms. The highest BCUT2D eigenvalue weighted by atomic mass is 35.5. The highest BCUT2D eigenvalue weighted by Gasteiger charge is 2.46. The fourth-order valence-electron chi connectivity index (χ4n) is 5.97. The zero-order valence-electron chi connectivity index (χ0n) is 21.3. The summed E-state index contributed by atoms with van der Waals surface area (Å²) in [4.78, 5) is 17.6. The third kappa shape index (κ3) is 5.03. The Morgan fingerprint density at radius 1 is 0.897 bits per heavy atom. The molecule has 2 aliphatic rings. The molecule has 0 atom stereocenters. The van der Waals surface area contributed by atoms with Gasteiger partial charge in [0, 0.05) is 24.2 Å². The highest BCUT2D eigenvalue weighted by molar-refractivity contribution is 6.44. The van der Waals surface area contributed by atoms with Crippen LogP contribution in [0.15, 0.2) is 91.0 Å². The highest BCUT2D eigenvalue weighted by Crippen LogP contribution is 2.48. The normalized spacial score (nSPS) is 16.3. The number of carbonyl (C=O) groups is 1. The predicted molar refractivity (Wildman–Crippen MR) is 157 cm³/mol. The average molecular weight is 561 g/mol. The SMILES string of the molecule is O=C(Nc1cccc(Cl)c1Cl)N1CC2(CCN(Cc3ccccc3-c3ccccc3)CC2)c2cc(F)ccc21. The van der Waals surface area contributed by atoms with Crippen LogP contribution >= 0.6 is 23.2 Å². The summed E-state index contributed by atoms with van der Waals surface area (Å²) in [6.45, 7) is 3.04. The molecule has 2 amide bonds. The number of likely N-dealkylation sites (tertiary alicyclic amines) is 1. The van der Waals surface area contributed by atoms with E-state index in [1.165, 1.54) is 22.8 Å². The minimum Gasteiger partial charge on any atom is -0.306 e. The molecule has 0 aromatic heterocycles. The number of nitrogens with one attached hydrogen (secondary N) is 1. The van der Waals surface area contributed by atoms with E-state index >= 15 is 0 Å². The second-order valence-corrected chi connectivity index (χ2v) is 11.1. The summed E-state index contributed by atoms with van der Waals surface area (Å²) < 4.78 is 14.5. The lowest BCUT2D eigenvalue weighted by molar-refractivity contribution is 0.160. The van der Waals surface area contributed by atoms with Crippen LogP contribution in [0.2, 0.25) is 10.0 Å². The third-order valence-corrected chi connectivity index (χ3v) is 8.85. The van der Waals surface area contributed by atoms with E-state index in [4.69, 9.17) is 23.2 Å². The van der Waals surface area contributed by atoms with Gasteiger partial charge in [-0.1, -0.05) is 83.9 Å². The Bertz CT molecular complexity index is 1520. The zero-order valence-corrected chi connectivity index (χ0v) is 22.9. The van der Waals surface area contributed by atoms with Crippen LogP contribution in [0.25, 0.3) is 11.1 Å². The van der Waals surface area contributed by atoms with E-state index in [1.807, 2.05) is 6.07 Å². The van der Waals surface area contributed by atoms with Crippen molar-refractivity contribution in [2.24, 2.45) is 0 Å². The van der Waals surface area contributed by atoms with Crippen LogP contribution in [0.5, 0.6) is 0 Å². The largest absolute Gasteiger partial charge is 0.326 e. The first kappa shape index (κ1) is 25.9. The lowest BCUT2D eigenvalue weighted by atomic mass is 9.74. The first-order valence-electron chi connectivity index (χ1n) is 13.1. The fourth-order valence-corrected chi connectivity index (χ4v) is 6.32. The number of nitrogens with zero attached hydrogens (tertiary/aromatic N) is 2. The van der Waals surface area contributed by atoms with E-state index in [0.717, 1.165) is 43.7 Å². The number of rotatable bonds is 4. The van der Waals surface area contributed by atoms with Gasteiger partial charge in [0.15, 0.2) is 0 Å². The molecule has 0 unspecified atom stereocenters. The summed E-state index contributed by atoms with van der Waals surface area (Å²) in [6, 6.07) is 28.6. The molecule has 4 aromatic rings. The van der Waals surface area contributed by atoms with Gasteiger partial charge in [0.25, 0.3) is 0 Å². The summed E-state index contributed by atoms with van der Waals surface area (Å²) in [6.07, 6.45) is 1.66. The van der Waals surface area contributed by atoms with Crippen molar-refractivity contribution in [1.82, 2.24) is 4.90 Å². The molecule has 198 valence electrons. The van der Waals surface area contributed by atoms with E-state index in [0.29, 0.717) is 22.3 Å². The molecule has 0 saturated carbocycles. The van der Waals surface area contributed by atoms with Gasteiger partial charge in [-0.05, 0) is 78.5 Å². The summed E-state index contributed by atoms with van der Waals surface area (Å²) >= 11 is 12.5. The molecule has 2 aliphatic heterocycles. The smallest absolute Gasteiger partial charge is 0.306 e. The molecule has 2 heterocycles. The number of carbonyl (C=O) groups excluding carboxylic acids is 1. The Kier molecular flexibility index (Phi) is 7.06. The second-order valence-electron chi connectivity index (χ2n) is 10.4. The molecular formula is C32H28Cl2FN3O. The lowest BCUT2D eigenvalue weighted by Gasteiger charge is -2.40. The van der Waals surface area contributed by atoms with E-state index < -0.39 is 0 Å². The van der Waals surface area contributed by atoms with Gasteiger partial charge in [-0.25, -0.2) is 9.18 Å². The van der Waals surface area contributed by atoms with Crippen molar-refractivity contribution in [3.05, 3.63) is 118 Å². The first-order valence-corrected chi connectivity index (χ1v) is 13.9. The van der Waals surface area contributed by atoms with Gasteiger partial charge >= 0.3 is 6.03 Å². The summed E-state index contributed by atoms with van der Waals surface area (Å²) in [5, 5.41) is 3.57. The van der Waals surface area contributed by atoms with Crippen LogP contribution in [0.4, 0.5) is 20.6 Å². The van der Waals surface area contributed by atoms with Gasteiger partial charge in [-0.2, -0.15) is 0 Å². The summed E-state index contributed by atoms with van der Waals surface area (Å²) in [5.74, 6) is -0.285. The van der Waals surface area contributed by atoms with Gasteiger partial charge in [-0.15, -0.1) is 0 Å². The number of halogens is 3. The molecule has 1 fully saturated rings. The molecule has 39 heavy (non-hydrogen) atoms. The Morgan fingerprint density at radius 3 is 2.44 bits per heavy atom. The van der Waals surface area contributed by atoms with Crippen LogP contribution in [0.3, 0.4) is 0 Å². The minimum absolute atomic E-state index is 0.285. The molecule has 0 radical (unpaired) electrons. The molecule has 0 bridgehead atoms. The van der Waals surface area contributed by atoms with Gasteiger partial charge in [0.05, 0.1) is 15.7 Å². The molecule has 4 nitrogen and oxygen atoms in total. The number of amides is 2. The van der Waals surface area contributed by atoms with Crippen molar-refractivity contribution in [2.45, 2.75) is 24.8 Å². The van der Waals surface area contributed by atoms with E-state index in [9.17, 15) is 9.18 Å². The van der Waals surface area contributed by atoms with E-state index in [-0.39, 0.29) is 17.3 Å². The fraction of sp³-hybridized carbons (Fsp3) is 0.219. The van der Waals surface area contributed by atoms with Crippen molar-refractivity contribution < 1.29 is 9.18 Å². The maximum Gasteiger partial charge on any atom is 0.326 e. The monoisotopic (exact) mass is 559 g/mol. The number of benzene rings is 4.